The summed E-state index contributed by atoms with van der Waals surface area (Å²) in [5.41, 5.74) is 0.883. The van der Waals surface area contributed by atoms with Gasteiger partial charge < -0.3 is 25.0 Å². The first kappa shape index (κ1) is 15.9. The predicted octanol–water partition coefficient (Wildman–Crippen LogP) is 0.738. The van der Waals surface area contributed by atoms with Gasteiger partial charge in [-0.25, -0.2) is 0 Å². The van der Waals surface area contributed by atoms with E-state index in [0.29, 0.717) is 17.9 Å². The van der Waals surface area contributed by atoms with E-state index in [1.165, 1.54) is 0 Å². The van der Waals surface area contributed by atoms with Crippen LogP contribution in [0.5, 0.6) is 17.2 Å². The summed E-state index contributed by atoms with van der Waals surface area (Å²) >= 11 is 0. The molecule has 0 bridgehead atoms. The Morgan fingerprint density at radius 3 is 2.24 bits per heavy atom. The molecule has 1 atom stereocenters. The topological polar surface area (TPSA) is 74.2 Å². The molecule has 1 aliphatic rings. The number of aromatic hydroxyl groups is 1. The number of rotatable bonds is 6. The van der Waals surface area contributed by atoms with Gasteiger partial charge in [-0.1, -0.05) is 0 Å². The van der Waals surface area contributed by atoms with Crippen LogP contribution in [0.3, 0.4) is 0 Å². The monoisotopic (exact) mass is 296 g/mol. The standard InChI is InChI=1S/C15H24N2O4/c1-20-13-9-11(19)10-14(21-2)15(13)12(3-8-18)17-6-4-16-5-7-17/h9-10,12,16,18-19H,3-8H2,1-2H3/t12-/m1/s1. The van der Waals surface area contributed by atoms with Crippen molar-refractivity contribution in [3.8, 4) is 17.2 Å². The number of methoxy groups -OCH3 is 2. The molecule has 0 unspecified atom stereocenters. The van der Waals surface area contributed by atoms with Crippen molar-refractivity contribution in [3.05, 3.63) is 17.7 Å². The van der Waals surface area contributed by atoms with Crippen molar-refractivity contribution in [1.82, 2.24) is 10.2 Å². The minimum absolute atomic E-state index is 0.00241. The van der Waals surface area contributed by atoms with Gasteiger partial charge in [0.25, 0.3) is 0 Å². The Morgan fingerprint density at radius 2 is 1.76 bits per heavy atom. The molecule has 1 fully saturated rings. The molecule has 1 aliphatic heterocycles. The van der Waals surface area contributed by atoms with Crippen LogP contribution in [0, 0.1) is 0 Å². The quantitative estimate of drug-likeness (QED) is 0.719. The van der Waals surface area contributed by atoms with Gasteiger partial charge in [0, 0.05) is 51.0 Å². The number of benzene rings is 1. The summed E-state index contributed by atoms with van der Waals surface area (Å²) in [7, 11) is 3.15. The summed E-state index contributed by atoms with van der Waals surface area (Å²) in [6.45, 7) is 3.73. The van der Waals surface area contributed by atoms with E-state index in [1.54, 1.807) is 26.4 Å². The minimum Gasteiger partial charge on any atom is -0.508 e. The number of hydrogen-bond acceptors (Lipinski definition) is 6. The zero-order valence-electron chi connectivity index (χ0n) is 12.6. The van der Waals surface area contributed by atoms with E-state index in [-0.39, 0.29) is 18.4 Å². The van der Waals surface area contributed by atoms with E-state index >= 15 is 0 Å². The number of hydrogen-bond donors (Lipinski definition) is 3. The number of nitrogens with one attached hydrogen (secondary N) is 1. The summed E-state index contributed by atoms with van der Waals surface area (Å²) in [5.74, 6) is 1.28. The smallest absolute Gasteiger partial charge is 0.131 e. The molecule has 1 aromatic carbocycles. The first-order valence-corrected chi connectivity index (χ1v) is 7.21. The van der Waals surface area contributed by atoms with Gasteiger partial charge in [-0.15, -0.1) is 0 Å². The van der Waals surface area contributed by atoms with Gasteiger partial charge in [-0.3, -0.25) is 4.90 Å². The first-order valence-electron chi connectivity index (χ1n) is 7.21. The molecule has 0 saturated carbocycles. The highest BCUT2D eigenvalue weighted by Gasteiger charge is 2.28. The highest BCUT2D eigenvalue weighted by molar-refractivity contribution is 5.52. The van der Waals surface area contributed by atoms with E-state index in [2.05, 4.69) is 10.2 Å². The molecule has 21 heavy (non-hydrogen) atoms. The summed E-state index contributed by atoms with van der Waals surface area (Å²) in [4.78, 5) is 2.31. The number of aliphatic hydroxyl groups excluding tert-OH is 1. The van der Waals surface area contributed by atoms with Crippen molar-refractivity contribution >= 4 is 0 Å². The second-order valence-corrected chi connectivity index (χ2v) is 5.08. The van der Waals surface area contributed by atoms with E-state index in [0.717, 1.165) is 31.7 Å². The number of phenolic OH excluding ortho intramolecular Hbond substituents is 1. The Morgan fingerprint density at radius 1 is 1.19 bits per heavy atom. The van der Waals surface area contributed by atoms with Crippen LogP contribution in [0.1, 0.15) is 18.0 Å². The molecule has 6 heteroatoms. The van der Waals surface area contributed by atoms with Crippen LogP contribution in [-0.2, 0) is 0 Å². The van der Waals surface area contributed by atoms with Crippen LogP contribution >= 0.6 is 0 Å². The lowest BCUT2D eigenvalue weighted by molar-refractivity contribution is 0.136. The molecular weight excluding hydrogens is 272 g/mol. The summed E-state index contributed by atoms with van der Waals surface area (Å²) in [6, 6.07) is 3.18. The second kappa shape index (κ2) is 7.49. The molecule has 2 rings (SSSR count). The lowest BCUT2D eigenvalue weighted by Crippen LogP contribution is -2.45. The van der Waals surface area contributed by atoms with Crippen molar-refractivity contribution in [1.29, 1.82) is 0 Å². The maximum atomic E-state index is 9.77. The van der Waals surface area contributed by atoms with Gasteiger partial charge in [0.2, 0.25) is 0 Å². The third-order valence-corrected chi connectivity index (χ3v) is 3.86. The van der Waals surface area contributed by atoms with Crippen molar-refractivity contribution in [3.63, 3.8) is 0 Å². The van der Waals surface area contributed by atoms with Crippen LogP contribution in [0.4, 0.5) is 0 Å². The number of nitrogens with zero attached hydrogens (tertiary/aromatic N) is 1. The van der Waals surface area contributed by atoms with E-state index < -0.39 is 0 Å². The maximum Gasteiger partial charge on any atom is 0.131 e. The molecule has 1 aromatic rings. The Bertz CT molecular complexity index is 436. The third-order valence-electron chi connectivity index (χ3n) is 3.86. The maximum absolute atomic E-state index is 9.77. The SMILES string of the molecule is COc1cc(O)cc(OC)c1[C@@H](CCO)N1CCNCC1. The molecule has 6 nitrogen and oxygen atoms in total. The molecule has 3 N–H and O–H groups in total. The predicted molar refractivity (Wildman–Crippen MR) is 80.1 cm³/mol. The molecule has 0 radical (unpaired) electrons. The highest BCUT2D eigenvalue weighted by Crippen LogP contribution is 2.41. The van der Waals surface area contributed by atoms with Gasteiger partial charge in [-0.05, 0) is 6.42 Å². The average molecular weight is 296 g/mol. The van der Waals surface area contributed by atoms with Crippen molar-refractivity contribution in [2.24, 2.45) is 0 Å². The molecule has 0 spiro atoms. The van der Waals surface area contributed by atoms with Gasteiger partial charge in [0.05, 0.1) is 19.8 Å². The van der Waals surface area contributed by atoms with E-state index in [9.17, 15) is 10.2 Å². The van der Waals surface area contributed by atoms with E-state index in [4.69, 9.17) is 9.47 Å². The van der Waals surface area contributed by atoms with Gasteiger partial charge in [0.1, 0.15) is 17.2 Å². The largest absolute Gasteiger partial charge is 0.508 e. The molecule has 0 amide bonds. The van der Waals surface area contributed by atoms with Crippen molar-refractivity contribution in [2.45, 2.75) is 12.5 Å². The first-order chi connectivity index (χ1) is 10.2. The highest BCUT2D eigenvalue weighted by atomic mass is 16.5. The van der Waals surface area contributed by atoms with Crippen LogP contribution < -0.4 is 14.8 Å². The summed E-state index contributed by atoms with van der Waals surface area (Å²) in [5, 5.41) is 22.5. The zero-order chi connectivity index (χ0) is 15.2. The number of ether oxygens (including phenoxy) is 2. The molecule has 0 aromatic heterocycles. The van der Waals surface area contributed by atoms with Crippen molar-refractivity contribution < 1.29 is 19.7 Å². The van der Waals surface area contributed by atoms with Crippen LogP contribution in [0.25, 0.3) is 0 Å². The third kappa shape index (κ3) is 3.58. The fourth-order valence-electron chi connectivity index (χ4n) is 2.88. The second-order valence-electron chi connectivity index (χ2n) is 5.08. The van der Waals surface area contributed by atoms with Gasteiger partial charge >= 0.3 is 0 Å². The van der Waals surface area contributed by atoms with Crippen LogP contribution in [-0.4, -0.2) is 62.1 Å². The zero-order valence-corrected chi connectivity index (χ0v) is 12.6. The number of phenols is 1. The molecule has 1 heterocycles. The normalized spacial score (nSPS) is 17.5. The lowest BCUT2D eigenvalue weighted by Gasteiger charge is -2.36. The van der Waals surface area contributed by atoms with Crippen molar-refractivity contribution in [2.75, 3.05) is 47.0 Å². The fourth-order valence-corrected chi connectivity index (χ4v) is 2.88. The Hall–Kier alpha value is -1.50. The average Bonchev–Trinajstić information content (AvgIpc) is 2.53. The molecule has 118 valence electrons. The minimum atomic E-state index is 0.00241. The van der Waals surface area contributed by atoms with Crippen LogP contribution in [0.15, 0.2) is 12.1 Å². The summed E-state index contributed by atoms with van der Waals surface area (Å²) in [6.07, 6.45) is 0.595. The lowest BCUT2D eigenvalue weighted by atomic mass is 9.98. The fraction of sp³-hybridized carbons (Fsp3) is 0.600. The van der Waals surface area contributed by atoms with Gasteiger partial charge in [-0.2, -0.15) is 0 Å². The Kier molecular flexibility index (Phi) is 5.67. The van der Waals surface area contributed by atoms with Gasteiger partial charge in [0.15, 0.2) is 0 Å². The Labute approximate surface area is 125 Å². The number of aliphatic hydroxyl groups is 1. The summed E-state index contributed by atoms with van der Waals surface area (Å²) < 4.78 is 10.8. The van der Waals surface area contributed by atoms with E-state index in [1.807, 2.05) is 0 Å². The Balaban J connectivity index is 2.42. The van der Waals surface area contributed by atoms with Crippen LogP contribution in [0.2, 0.25) is 0 Å². The number of piperazine rings is 1. The molecule has 1 saturated heterocycles. The molecular formula is C15H24N2O4. The molecule has 0 aliphatic carbocycles.